The zero-order valence-electron chi connectivity index (χ0n) is 20.8. The summed E-state index contributed by atoms with van der Waals surface area (Å²) in [5.41, 5.74) is 3.85. The Morgan fingerprint density at radius 2 is 1.49 bits per heavy atom. The van der Waals surface area contributed by atoms with Gasteiger partial charge in [-0.1, -0.05) is 25.5 Å². The molecule has 0 unspecified atom stereocenters. The van der Waals surface area contributed by atoms with Gasteiger partial charge in [-0.2, -0.15) is 5.10 Å². The average molecular weight is 503 g/mol. The number of hydrogen-bond donors (Lipinski definition) is 3. The van der Waals surface area contributed by atoms with E-state index >= 15 is 0 Å². The summed E-state index contributed by atoms with van der Waals surface area (Å²) >= 11 is 0. The van der Waals surface area contributed by atoms with Crippen molar-refractivity contribution < 1.29 is 23.9 Å². The number of unbranched alkanes of at least 4 members (excludes halogenated alkanes) is 1. The topological polar surface area (TPSA) is 118 Å². The number of carbonyl (C=O) groups excluding carboxylic acids is 3. The second-order valence-electron chi connectivity index (χ2n) is 7.88. The average Bonchev–Trinajstić information content (AvgIpc) is 2.91. The molecule has 0 aromatic heterocycles. The molecule has 9 nitrogen and oxygen atoms in total. The molecule has 3 rings (SSSR count). The maximum Gasteiger partial charge on any atom is 0.329 e. The number of amides is 3. The molecule has 0 radical (unpaired) electrons. The van der Waals surface area contributed by atoms with Gasteiger partial charge in [-0.15, -0.1) is 0 Å². The summed E-state index contributed by atoms with van der Waals surface area (Å²) < 4.78 is 11.0. The lowest BCUT2D eigenvalue weighted by Gasteiger charge is -2.11. The summed E-state index contributed by atoms with van der Waals surface area (Å²) in [6.45, 7) is 5.18. The molecule has 3 amide bonds. The molecule has 0 bridgehead atoms. The molecule has 0 saturated carbocycles. The number of hydrazone groups is 1. The van der Waals surface area contributed by atoms with Crippen molar-refractivity contribution >= 4 is 35.3 Å². The van der Waals surface area contributed by atoms with E-state index in [0.717, 1.165) is 24.2 Å². The van der Waals surface area contributed by atoms with Crippen LogP contribution in [0.1, 0.15) is 42.6 Å². The van der Waals surface area contributed by atoms with Crippen LogP contribution in [0.5, 0.6) is 11.5 Å². The van der Waals surface area contributed by atoms with Gasteiger partial charge in [-0.05, 0) is 79.6 Å². The molecule has 0 aliphatic heterocycles. The third-order valence-corrected chi connectivity index (χ3v) is 5.08. The minimum absolute atomic E-state index is 0.189. The summed E-state index contributed by atoms with van der Waals surface area (Å²) in [5.74, 6) is -0.939. The molecule has 3 N–H and O–H groups in total. The minimum Gasteiger partial charge on any atom is -0.494 e. The van der Waals surface area contributed by atoms with E-state index < -0.39 is 17.7 Å². The number of nitrogens with one attached hydrogen (secondary N) is 3. The van der Waals surface area contributed by atoms with Gasteiger partial charge in [0.05, 0.1) is 30.7 Å². The molecule has 37 heavy (non-hydrogen) atoms. The summed E-state index contributed by atoms with van der Waals surface area (Å²) in [6, 6.07) is 20.5. The molecular weight excluding hydrogens is 472 g/mol. The predicted octanol–water partition coefficient (Wildman–Crippen LogP) is 4.61. The molecule has 0 aliphatic carbocycles. The van der Waals surface area contributed by atoms with Gasteiger partial charge >= 0.3 is 11.8 Å². The zero-order chi connectivity index (χ0) is 26.5. The van der Waals surface area contributed by atoms with Crippen LogP contribution in [0.2, 0.25) is 0 Å². The molecule has 0 heterocycles. The standard InChI is InChI=1S/C28H30N4O5/c1-3-5-18-37-23-14-10-20(11-15-23)19-29-32-28(35)27(34)31-25-9-7-6-8-24(25)26(33)30-21-12-16-22(17-13-21)36-4-2/h6-17,19H,3-5,18H2,1-2H3,(H,30,33)(H,31,34)(H,32,35)/b29-19+. The second kappa shape index (κ2) is 14.0. The highest BCUT2D eigenvalue weighted by atomic mass is 16.5. The number of benzene rings is 3. The first-order valence-corrected chi connectivity index (χ1v) is 12.0. The van der Waals surface area contributed by atoms with Crippen molar-refractivity contribution in [2.75, 3.05) is 23.8 Å². The highest BCUT2D eigenvalue weighted by Crippen LogP contribution is 2.20. The van der Waals surface area contributed by atoms with E-state index in [0.29, 0.717) is 24.7 Å². The second-order valence-corrected chi connectivity index (χ2v) is 7.88. The van der Waals surface area contributed by atoms with Crippen molar-refractivity contribution in [2.24, 2.45) is 5.10 Å². The van der Waals surface area contributed by atoms with Gasteiger partial charge in [0.25, 0.3) is 5.91 Å². The monoisotopic (exact) mass is 502 g/mol. The van der Waals surface area contributed by atoms with Gasteiger partial charge in [-0.25, -0.2) is 5.43 Å². The van der Waals surface area contributed by atoms with E-state index in [-0.39, 0.29) is 11.3 Å². The third kappa shape index (κ3) is 8.50. The Kier molecular flexibility index (Phi) is 10.2. The van der Waals surface area contributed by atoms with Gasteiger partial charge in [0.15, 0.2) is 0 Å². The van der Waals surface area contributed by atoms with Crippen molar-refractivity contribution in [3.8, 4) is 11.5 Å². The van der Waals surface area contributed by atoms with Crippen LogP contribution in [0.3, 0.4) is 0 Å². The van der Waals surface area contributed by atoms with Crippen LogP contribution in [-0.2, 0) is 9.59 Å². The summed E-state index contributed by atoms with van der Waals surface area (Å²) in [6.07, 6.45) is 3.45. The van der Waals surface area contributed by atoms with Crippen molar-refractivity contribution in [2.45, 2.75) is 26.7 Å². The Bertz CT molecular complexity index is 1220. The van der Waals surface area contributed by atoms with Gasteiger partial charge in [0, 0.05) is 5.69 Å². The lowest BCUT2D eigenvalue weighted by Crippen LogP contribution is -2.33. The van der Waals surface area contributed by atoms with Gasteiger partial charge in [0.2, 0.25) is 0 Å². The lowest BCUT2D eigenvalue weighted by molar-refractivity contribution is -0.136. The summed E-state index contributed by atoms with van der Waals surface area (Å²) in [7, 11) is 0. The maximum absolute atomic E-state index is 12.8. The van der Waals surface area contributed by atoms with Crippen molar-refractivity contribution in [3.05, 3.63) is 83.9 Å². The quantitative estimate of drug-likeness (QED) is 0.153. The largest absolute Gasteiger partial charge is 0.494 e. The number of carbonyl (C=O) groups is 3. The van der Waals surface area contributed by atoms with Crippen LogP contribution in [0, 0.1) is 0 Å². The normalized spacial score (nSPS) is 10.5. The fourth-order valence-electron chi connectivity index (χ4n) is 3.17. The Hall–Kier alpha value is -4.66. The molecule has 192 valence electrons. The number of anilines is 2. The molecule has 9 heteroatoms. The van der Waals surface area contributed by atoms with Crippen molar-refractivity contribution in [1.82, 2.24) is 5.43 Å². The van der Waals surface area contributed by atoms with Gasteiger partial charge in [-0.3, -0.25) is 14.4 Å². The summed E-state index contributed by atoms with van der Waals surface area (Å²) in [4.78, 5) is 37.4. The van der Waals surface area contributed by atoms with Crippen molar-refractivity contribution in [1.29, 1.82) is 0 Å². The molecule has 0 spiro atoms. The molecule has 0 fully saturated rings. The van der Waals surface area contributed by atoms with Crippen LogP contribution in [0.25, 0.3) is 0 Å². The fraction of sp³-hybridized carbons (Fsp3) is 0.214. The molecule has 0 aliphatic rings. The zero-order valence-corrected chi connectivity index (χ0v) is 20.8. The van der Waals surface area contributed by atoms with Crippen molar-refractivity contribution in [3.63, 3.8) is 0 Å². The Morgan fingerprint density at radius 1 is 0.811 bits per heavy atom. The maximum atomic E-state index is 12.8. The Labute approximate surface area is 215 Å². The van der Waals surface area contributed by atoms with E-state index in [1.807, 2.05) is 6.92 Å². The molecule has 0 atom stereocenters. The number of hydrogen-bond acceptors (Lipinski definition) is 6. The van der Waals surface area contributed by atoms with Crippen LogP contribution in [-0.4, -0.2) is 37.1 Å². The van der Waals surface area contributed by atoms with E-state index in [1.54, 1.807) is 66.7 Å². The Balaban J connectivity index is 1.55. The van der Waals surface area contributed by atoms with Crippen LogP contribution < -0.4 is 25.5 Å². The van der Waals surface area contributed by atoms with Crippen LogP contribution >= 0.6 is 0 Å². The first kappa shape index (κ1) is 26.9. The molecular formula is C28H30N4O5. The number of ether oxygens (including phenoxy) is 2. The fourth-order valence-corrected chi connectivity index (χ4v) is 3.17. The number of nitrogens with zero attached hydrogens (tertiary/aromatic N) is 1. The third-order valence-electron chi connectivity index (χ3n) is 5.08. The first-order chi connectivity index (χ1) is 18.0. The van der Waals surface area contributed by atoms with E-state index in [4.69, 9.17) is 9.47 Å². The molecule has 0 saturated heterocycles. The smallest absolute Gasteiger partial charge is 0.329 e. The van der Waals surface area contributed by atoms with E-state index in [2.05, 4.69) is 28.1 Å². The highest BCUT2D eigenvalue weighted by molar-refractivity contribution is 6.40. The Morgan fingerprint density at radius 3 is 2.19 bits per heavy atom. The predicted molar refractivity (Wildman–Crippen MR) is 143 cm³/mol. The highest BCUT2D eigenvalue weighted by Gasteiger charge is 2.17. The summed E-state index contributed by atoms with van der Waals surface area (Å²) in [5, 5.41) is 9.05. The van der Waals surface area contributed by atoms with E-state index in [1.165, 1.54) is 12.3 Å². The first-order valence-electron chi connectivity index (χ1n) is 12.0. The van der Waals surface area contributed by atoms with Gasteiger partial charge < -0.3 is 20.1 Å². The minimum atomic E-state index is -0.975. The molecule has 3 aromatic carbocycles. The van der Waals surface area contributed by atoms with Gasteiger partial charge in [0.1, 0.15) is 11.5 Å². The lowest BCUT2D eigenvalue weighted by atomic mass is 10.1. The SMILES string of the molecule is CCCCOc1ccc(/C=N/NC(=O)C(=O)Nc2ccccc2C(=O)Nc2ccc(OCC)cc2)cc1. The number of rotatable bonds is 11. The molecule has 3 aromatic rings. The van der Waals surface area contributed by atoms with Crippen LogP contribution in [0.4, 0.5) is 11.4 Å². The van der Waals surface area contributed by atoms with E-state index in [9.17, 15) is 14.4 Å². The van der Waals surface area contributed by atoms with Crippen LogP contribution in [0.15, 0.2) is 77.9 Å². The number of para-hydroxylation sites is 1.